The highest BCUT2D eigenvalue weighted by Crippen LogP contribution is 2.26. The third-order valence-corrected chi connectivity index (χ3v) is 2.82. The SMILES string of the molecule is N#Cc1ccc(NCc2cccc(F)c2F)c([N+](=O)[O-])c1. The molecule has 0 aliphatic carbocycles. The average molecular weight is 289 g/mol. The molecule has 0 saturated carbocycles. The zero-order chi connectivity index (χ0) is 15.4. The molecule has 0 atom stereocenters. The molecule has 5 nitrogen and oxygen atoms in total. The fraction of sp³-hybridized carbons (Fsp3) is 0.0714. The molecular formula is C14H9F2N3O2. The lowest BCUT2D eigenvalue weighted by atomic mass is 10.1. The zero-order valence-electron chi connectivity index (χ0n) is 10.6. The molecule has 0 saturated heterocycles. The largest absolute Gasteiger partial charge is 0.375 e. The van der Waals surface area contributed by atoms with Crippen molar-refractivity contribution in [3.63, 3.8) is 0 Å². The highest BCUT2D eigenvalue weighted by Gasteiger charge is 2.15. The molecule has 2 aromatic rings. The Balaban J connectivity index is 2.26. The Morgan fingerprint density at radius 3 is 2.71 bits per heavy atom. The van der Waals surface area contributed by atoms with Crippen molar-refractivity contribution in [3.8, 4) is 6.07 Å². The number of hydrogen-bond acceptors (Lipinski definition) is 4. The fourth-order valence-corrected chi connectivity index (χ4v) is 1.78. The number of nitro benzene ring substituents is 1. The van der Waals surface area contributed by atoms with Gasteiger partial charge >= 0.3 is 0 Å². The molecule has 0 radical (unpaired) electrons. The van der Waals surface area contributed by atoms with Crippen molar-refractivity contribution in [2.24, 2.45) is 0 Å². The summed E-state index contributed by atoms with van der Waals surface area (Å²) in [6, 6.07) is 9.38. The van der Waals surface area contributed by atoms with E-state index in [1.807, 2.05) is 0 Å². The number of rotatable bonds is 4. The number of nitro groups is 1. The second kappa shape index (κ2) is 5.96. The molecule has 2 rings (SSSR count). The van der Waals surface area contributed by atoms with Crippen molar-refractivity contribution < 1.29 is 13.7 Å². The highest BCUT2D eigenvalue weighted by molar-refractivity contribution is 5.64. The Morgan fingerprint density at radius 1 is 1.29 bits per heavy atom. The molecule has 0 fully saturated rings. The maximum Gasteiger partial charge on any atom is 0.293 e. The Labute approximate surface area is 118 Å². The van der Waals surface area contributed by atoms with Crippen molar-refractivity contribution in [2.45, 2.75) is 6.54 Å². The van der Waals surface area contributed by atoms with Gasteiger partial charge in [-0.3, -0.25) is 10.1 Å². The van der Waals surface area contributed by atoms with E-state index in [1.165, 1.54) is 24.3 Å². The van der Waals surface area contributed by atoms with Crippen LogP contribution in [0.15, 0.2) is 36.4 Å². The Hall–Kier alpha value is -3.01. The van der Waals surface area contributed by atoms with Gasteiger partial charge < -0.3 is 5.32 Å². The van der Waals surface area contributed by atoms with Gasteiger partial charge in [0.05, 0.1) is 16.6 Å². The van der Waals surface area contributed by atoms with Gasteiger partial charge in [0.15, 0.2) is 11.6 Å². The van der Waals surface area contributed by atoms with Gasteiger partial charge in [-0.05, 0) is 18.2 Å². The number of nitrogens with one attached hydrogen (secondary N) is 1. The number of anilines is 1. The lowest BCUT2D eigenvalue weighted by Crippen LogP contribution is -2.05. The smallest absolute Gasteiger partial charge is 0.293 e. The van der Waals surface area contributed by atoms with E-state index >= 15 is 0 Å². The molecule has 0 bridgehead atoms. The van der Waals surface area contributed by atoms with E-state index in [-0.39, 0.29) is 29.0 Å². The van der Waals surface area contributed by atoms with Crippen molar-refractivity contribution in [1.82, 2.24) is 0 Å². The highest BCUT2D eigenvalue weighted by atomic mass is 19.2. The number of hydrogen-bond donors (Lipinski definition) is 1. The second-order valence-electron chi connectivity index (χ2n) is 4.17. The van der Waals surface area contributed by atoms with Crippen LogP contribution in [0.2, 0.25) is 0 Å². The van der Waals surface area contributed by atoms with E-state index in [4.69, 9.17) is 5.26 Å². The van der Waals surface area contributed by atoms with E-state index in [9.17, 15) is 18.9 Å². The van der Waals surface area contributed by atoms with Gasteiger partial charge in [-0.1, -0.05) is 12.1 Å². The lowest BCUT2D eigenvalue weighted by molar-refractivity contribution is -0.384. The number of nitrogens with zero attached hydrogens (tertiary/aromatic N) is 2. The maximum absolute atomic E-state index is 13.5. The summed E-state index contributed by atoms with van der Waals surface area (Å²) in [5, 5.41) is 22.3. The summed E-state index contributed by atoms with van der Waals surface area (Å²) in [5.41, 5.74) is 0.0198. The minimum absolute atomic E-state index is 0.0497. The molecule has 21 heavy (non-hydrogen) atoms. The first-order valence-electron chi connectivity index (χ1n) is 5.88. The van der Waals surface area contributed by atoms with Crippen molar-refractivity contribution >= 4 is 11.4 Å². The normalized spacial score (nSPS) is 9.95. The zero-order valence-corrected chi connectivity index (χ0v) is 10.6. The van der Waals surface area contributed by atoms with Crippen LogP contribution in [-0.2, 0) is 6.54 Å². The Bertz CT molecular complexity index is 741. The van der Waals surface area contributed by atoms with Gasteiger partial charge in [-0.25, -0.2) is 8.78 Å². The monoisotopic (exact) mass is 289 g/mol. The van der Waals surface area contributed by atoms with Crippen LogP contribution in [0, 0.1) is 33.1 Å². The topological polar surface area (TPSA) is 79.0 Å². The molecule has 1 N–H and O–H groups in total. The lowest BCUT2D eigenvalue weighted by Gasteiger charge is -2.08. The van der Waals surface area contributed by atoms with Crippen LogP contribution in [0.5, 0.6) is 0 Å². The Kier molecular flexibility index (Phi) is 4.09. The first kappa shape index (κ1) is 14.4. The van der Waals surface area contributed by atoms with Crippen molar-refractivity contribution in [3.05, 3.63) is 69.3 Å². The predicted octanol–water partition coefficient (Wildman–Crippen LogP) is 3.36. The van der Waals surface area contributed by atoms with Gasteiger partial charge in [0.2, 0.25) is 0 Å². The van der Waals surface area contributed by atoms with Crippen molar-refractivity contribution in [2.75, 3.05) is 5.32 Å². The van der Waals surface area contributed by atoms with Gasteiger partial charge in [-0.15, -0.1) is 0 Å². The molecular weight excluding hydrogens is 280 g/mol. The third-order valence-electron chi connectivity index (χ3n) is 2.82. The van der Waals surface area contributed by atoms with Gasteiger partial charge in [0.25, 0.3) is 5.69 Å². The summed E-state index contributed by atoms with van der Waals surface area (Å²) < 4.78 is 26.6. The van der Waals surface area contributed by atoms with E-state index in [2.05, 4.69) is 5.32 Å². The van der Waals surface area contributed by atoms with E-state index < -0.39 is 16.6 Å². The molecule has 0 aliphatic heterocycles. The molecule has 106 valence electrons. The van der Waals surface area contributed by atoms with Crippen LogP contribution in [0.4, 0.5) is 20.2 Å². The van der Waals surface area contributed by atoms with Crippen LogP contribution in [0.1, 0.15) is 11.1 Å². The summed E-state index contributed by atoms with van der Waals surface area (Å²) in [5.74, 6) is -1.98. The standard InChI is InChI=1S/C14H9F2N3O2/c15-11-3-1-2-10(14(11)16)8-18-12-5-4-9(7-17)6-13(12)19(20)21/h1-6,18H,8H2. The molecule has 0 heterocycles. The quantitative estimate of drug-likeness (QED) is 0.691. The summed E-state index contributed by atoms with van der Waals surface area (Å²) in [7, 11) is 0. The minimum atomic E-state index is -0.999. The number of nitriles is 1. The van der Waals surface area contributed by atoms with Crippen LogP contribution in [0.25, 0.3) is 0 Å². The first-order valence-corrected chi connectivity index (χ1v) is 5.88. The molecule has 7 heteroatoms. The van der Waals surface area contributed by atoms with Gasteiger partial charge in [0.1, 0.15) is 5.69 Å². The molecule has 0 aromatic heterocycles. The molecule has 0 amide bonds. The molecule has 0 unspecified atom stereocenters. The summed E-state index contributed by atoms with van der Waals surface area (Å²) in [6.07, 6.45) is 0. The number of benzene rings is 2. The molecule has 0 aliphatic rings. The average Bonchev–Trinajstić information content (AvgIpc) is 2.48. The predicted molar refractivity (Wildman–Crippen MR) is 71.5 cm³/mol. The first-order chi connectivity index (χ1) is 10.0. The Morgan fingerprint density at radius 2 is 2.05 bits per heavy atom. The number of halogens is 2. The van der Waals surface area contributed by atoms with Crippen LogP contribution >= 0.6 is 0 Å². The fourth-order valence-electron chi connectivity index (χ4n) is 1.78. The summed E-state index contributed by atoms with van der Waals surface area (Å²) >= 11 is 0. The van der Waals surface area contributed by atoms with Crippen molar-refractivity contribution in [1.29, 1.82) is 5.26 Å². The maximum atomic E-state index is 13.5. The minimum Gasteiger partial charge on any atom is -0.375 e. The second-order valence-corrected chi connectivity index (χ2v) is 4.17. The summed E-state index contributed by atoms with van der Waals surface area (Å²) in [4.78, 5) is 10.3. The summed E-state index contributed by atoms with van der Waals surface area (Å²) in [6.45, 7) is -0.115. The van der Waals surface area contributed by atoms with Crippen LogP contribution < -0.4 is 5.32 Å². The third kappa shape index (κ3) is 3.12. The van der Waals surface area contributed by atoms with E-state index in [0.29, 0.717) is 0 Å². The van der Waals surface area contributed by atoms with Gasteiger partial charge in [-0.2, -0.15) is 5.26 Å². The van der Waals surface area contributed by atoms with E-state index in [0.717, 1.165) is 12.1 Å². The molecule has 2 aromatic carbocycles. The van der Waals surface area contributed by atoms with E-state index in [1.54, 1.807) is 6.07 Å². The van der Waals surface area contributed by atoms with Gasteiger partial charge in [0, 0.05) is 18.2 Å². The van der Waals surface area contributed by atoms with Crippen LogP contribution in [0.3, 0.4) is 0 Å². The molecule has 0 spiro atoms. The van der Waals surface area contributed by atoms with Crippen LogP contribution in [-0.4, -0.2) is 4.92 Å².